The Hall–Kier alpha value is -3.03. The molecule has 1 aliphatic heterocycles. The van der Waals surface area contributed by atoms with Crippen LogP contribution in [0.25, 0.3) is 16.7 Å². The van der Waals surface area contributed by atoms with E-state index in [2.05, 4.69) is 29.1 Å². The van der Waals surface area contributed by atoms with Crippen LogP contribution < -0.4 is 0 Å². The van der Waals surface area contributed by atoms with Crippen LogP contribution in [0.3, 0.4) is 0 Å². The lowest BCUT2D eigenvalue weighted by molar-refractivity contribution is 0.0111. The monoisotopic (exact) mass is 493 g/mol. The van der Waals surface area contributed by atoms with Crippen molar-refractivity contribution >= 4 is 17.0 Å². The molecular formula is C28H36FN5O2. The SMILES string of the molecule is Cc1nc(C2CC(C)C2)cc(-n2ncc3cc(C)c(C4CCN(C(=O)OC(C)(C)C)CC4F)cc32)n1. The first-order valence-electron chi connectivity index (χ1n) is 12.9. The average molecular weight is 494 g/mol. The van der Waals surface area contributed by atoms with Crippen molar-refractivity contribution < 1.29 is 13.9 Å². The molecule has 2 fully saturated rings. The Morgan fingerprint density at radius 3 is 2.56 bits per heavy atom. The Morgan fingerprint density at radius 2 is 1.89 bits per heavy atom. The molecule has 1 saturated carbocycles. The molecule has 7 nitrogen and oxygen atoms in total. The van der Waals surface area contributed by atoms with Crippen LogP contribution in [0.1, 0.15) is 81.4 Å². The number of piperidine rings is 1. The highest BCUT2D eigenvalue weighted by Gasteiger charge is 2.35. The Kier molecular flexibility index (Phi) is 6.25. The Morgan fingerprint density at radius 1 is 1.14 bits per heavy atom. The second-order valence-electron chi connectivity index (χ2n) is 11.6. The zero-order valence-electron chi connectivity index (χ0n) is 22.1. The summed E-state index contributed by atoms with van der Waals surface area (Å²) in [6.45, 7) is 12.2. The number of carbonyl (C=O) groups is 1. The average Bonchev–Trinajstić information content (AvgIpc) is 3.17. The number of aromatic nitrogens is 4. The van der Waals surface area contributed by atoms with Gasteiger partial charge in [-0.25, -0.2) is 23.8 Å². The maximum atomic E-state index is 15.5. The van der Waals surface area contributed by atoms with Crippen molar-refractivity contribution in [1.82, 2.24) is 24.6 Å². The third-order valence-electron chi connectivity index (χ3n) is 7.40. The molecule has 0 spiro atoms. The molecule has 2 aromatic heterocycles. The molecule has 36 heavy (non-hydrogen) atoms. The van der Waals surface area contributed by atoms with Crippen molar-refractivity contribution in [2.45, 2.75) is 84.4 Å². The molecule has 1 aromatic carbocycles. The highest BCUT2D eigenvalue weighted by molar-refractivity contribution is 5.82. The fraction of sp³-hybridized carbons (Fsp3) is 0.571. The van der Waals surface area contributed by atoms with Crippen LogP contribution in [0.5, 0.6) is 0 Å². The Labute approximate surface area is 212 Å². The summed E-state index contributed by atoms with van der Waals surface area (Å²) in [6, 6.07) is 6.18. The summed E-state index contributed by atoms with van der Waals surface area (Å²) in [5, 5.41) is 5.64. The van der Waals surface area contributed by atoms with Gasteiger partial charge < -0.3 is 9.64 Å². The number of hydrogen-bond acceptors (Lipinski definition) is 5. The van der Waals surface area contributed by atoms with Crippen LogP contribution in [0.2, 0.25) is 0 Å². The summed E-state index contributed by atoms with van der Waals surface area (Å²) in [4.78, 5) is 23.3. The van der Waals surface area contributed by atoms with E-state index in [9.17, 15) is 4.79 Å². The van der Waals surface area contributed by atoms with Crippen molar-refractivity contribution in [3.05, 3.63) is 47.0 Å². The summed E-state index contributed by atoms with van der Waals surface area (Å²) in [5.41, 5.74) is 3.37. The quantitative estimate of drug-likeness (QED) is 0.447. The molecule has 0 bridgehead atoms. The lowest BCUT2D eigenvalue weighted by atomic mass is 9.74. The number of benzene rings is 1. The molecule has 0 N–H and O–H groups in total. The molecule has 0 radical (unpaired) electrons. The maximum Gasteiger partial charge on any atom is 0.410 e. The molecule has 3 aromatic rings. The van der Waals surface area contributed by atoms with Crippen molar-refractivity contribution in [3.63, 3.8) is 0 Å². The van der Waals surface area contributed by atoms with Gasteiger partial charge in [-0.3, -0.25) is 0 Å². The van der Waals surface area contributed by atoms with E-state index < -0.39 is 17.9 Å². The largest absolute Gasteiger partial charge is 0.444 e. The van der Waals surface area contributed by atoms with Gasteiger partial charge in [-0.2, -0.15) is 5.10 Å². The third kappa shape index (κ3) is 4.82. The van der Waals surface area contributed by atoms with Gasteiger partial charge in [0.15, 0.2) is 5.82 Å². The maximum absolute atomic E-state index is 15.5. The number of fused-ring (bicyclic) bond motifs is 1. The molecule has 1 saturated heterocycles. The van der Waals surface area contributed by atoms with Crippen LogP contribution in [0, 0.1) is 19.8 Å². The minimum absolute atomic E-state index is 0.0323. The zero-order chi connectivity index (χ0) is 25.8. The smallest absolute Gasteiger partial charge is 0.410 e. The predicted molar refractivity (Wildman–Crippen MR) is 137 cm³/mol. The number of carbonyl (C=O) groups excluding carboxylic acids is 1. The number of likely N-dealkylation sites (tertiary alicyclic amines) is 1. The fourth-order valence-electron chi connectivity index (χ4n) is 5.57. The molecule has 2 aliphatic rings. The minimum Gasteiger partial charge on any atom is -0.444 e. The van der Waals surface area contributed by atoms with Gasteiger partial charge in [-0.15, -0.1) is 0 Å². The van der Waals surface area contributed by atoms with E-state index in [1.807, 2.05) is 51.6 Å². The molecule has 2 unspecified atom stereocenters. The van der Waals surface area contributed by atoms with Gasteiger partial charge in [-0.1, -0.05) is 6.92 Å². The first-order valence-corrected chi connectivity index (χ1v) is 12.9. The van der Waals surface area contributed by atoms with Crippen LogP contribution in [-0.4, -0.2) is 55.6 Å². The fourth-order valence-corrected chi connectivity index (χ4v) is 5.57. The summed E-state index contributed by atoms with van der Waals surface area (Å²) in [5.74, 6) is 2.40. The number of hydrogen-bond donors (Lipinski definition) is 0. The number of aryl methyl sites for hydroxylation is 2. The van der Waals surface area contributed by atoms with Gasteiger partial charge in [0.05, 0.1) is 18.3 Å². The molecule has 1 amide bonds. The molecule has 5 rings (SSSR count). The van der Waals surface area contributed by atoms with E-state index in [1.165, 1.54) is 4.90 Å². The molecule has 1 aliphatic carbocycles. The summed E-state index contributed by atoms with van der Waals surface area (Å²) in [6.07, 6.45) is 3.05. The summed E-state index contributed by atoms with van der Waals surface area (Å²) >= 11 is 0. The first kappa shape index (κ1) is 24.7. The first-order chi connectivity index (χ1) is 17.0. The van der Waals surface area contributed by atoms with Gasteiger partial charge in [-0.05, 0) is 83.1 Å². The van der Waals surface area contributed by atoms with Gasteiger partial charge in [0.2, 0.25) is 0 Å². The van der Waals surface area contributed by atoms with E-state index in [0.717, 1.165) is 58.1 Å². The van der Waals surface area contributed by atoms with Crippen LogP contribution in [0.15, 0.2) is 24.4 Å². The lowest BCUT2D eigenvalue weighted by Crippen LogP contribution is -2.46. The van der Waals surface area contributed by atoms with Crippen LogP contribution in [0.4, 0.5) is 9.18 Å². The van der Waals surface area contributed by atoms with Gasteiger partial charge in [0.25, 0.3) is 0 Å². The Bertz CT molecular complexity index is 1290. The zero-order valence-corrected chi connectivity index (χ0v) is 22.1. The predicted octanol–water partition coefficient (Wildman–Crippen LogP) is 6.01. The van der Waals surface area contributed by atoms with Crippen molar-refractivity contribution in [3.8, 4) is 5.82 Å². The second kappa shape index (κ2) is 9.12. The molecular weight excluding hydrogens is 457 g/mol. The van der Waals surface area contributed by atoms with Gasteiger partial charge in [0, 0.05) is 35.5 Å². The lowest BCUT2D eigenvalue weighted by Gasteiger charge is -2.36. The normalized spacial score (nSPS) is 24.6. The minimum atomic E-state index is -1.17. The molecule has 2 atom stereocenters. The topological polar surface area (TPSA) is 73.1 Å². The number of nitrogens with zero attached hydrogens (tertiary/aromatic N) is 5. The summed E-state index contributed by atoms with van der Waals surface area (Å²) in [7, 11) is 0. The van der Waals surface area contributed by atoms with Crippen LogP contribution >= 0.6 is 0 Å². The third-order valence-corrected chi connectivity index (χ3v) is 7.40. The van der Waals surface area contributed by atoms with E-state index >= 15 is 4.39 Å². The second-order valence-corrected chi connectivity index (χ2v) is 11.6. The number of rotatable bonds is 3. The van der Waals surface area contributed by atoms with E-state index in [4.69, 9.17) is 9.72 Å². The number of halogens is 1. The van der Waals surface area contributed by atoms with E-state index in [1.54, 1.807) is 0 Å². The highest BCUT2D eigenvalue weighted by atomic mass is 19.1. The number of alkyl halides is 1. The number of amides is 1. The van der Waals surface area contributed by atoms with Gasteiger partial charge >= 0.3 is 6.09 Å². The van der Waals surface area contributed by atoms with Crippen molar-refractivity contribution in [1.29, 1.82) is 0 Å². The summed E-state index contributed by atoms with van der Waals surface area (Å²) < 4.78 is 22.8. The standard InChI is InChI=1S/C28H36FN5O2/c1-16-9-19(10-16)24-13-26(32-18(3)31-24)34-25-12-22(17(2)11-20(25)14-30-34)21-7-8-33(15-23(21)29)27(35)36-28(4,5)6/h11-14,16,19,21,23H,7-10,15H2,1-6H3. The highest BCUT2D eigenvalue weighted by Crippen LogP contribution is 2.41. The van der Waals surface area contributed by atoms with Crippen molar-refractivity contribution in [2.24, 2.45) is 5.92 Å². The number of ether oxygens (including phenoxy) is 1. The molecule has 192 valence electrons. The molecule has 8 heteroatoms. The molecule has 3 heterocycles. The van der Waals surface area contributed by atoms with Gasteiger partial charge in [0.1, 0.15) is 17.6 Å². The van der Waals surface area contributed by atoms with E-state index in [-0.39, 0.29) is 12.5 Å². The van der Waals surface area contributed by atoms with Crippen LogP contribution in [-0.2, 0) is 4.74 Å². The van der Waals surface area contributed by atoms with E-state index in [0.29, 0.717) is 18.9 Å². The van der Waals surface area contributed by atoms with Crippen molar-refractivity contribution in [2.75, 3.05) is 13.1 Å². The Balaban J connectivity index is 1.43.